The molecule has 0 aromatic heterocycles. The van der Waals surface area contributed by atoms with Crippen LogP contribution in [0.25, 0.3) is 6.08 Å². The molecule has 0 aliphatic carbocycles. The van der Waals surface area contributed by atoms with Crippen molar-refractivity contribution in [1.82, 2.24) is 0 Å². The molecule has 0 spiro atoms. The van der Waals surface area contributed by atoms with Crippen LogP contribution in [0.1, 0.15) is 16.7 Å². The first-order valence-corrected chi connectivity index (χ1v) is 7.89. The molecule has 138 valence electrons. The van der Waals surface area contributed by atoms with E-state index in [1.165, 1.54) is 27.4 Å². The van der Waals surface area contributed by atoms with Crippen molar-refractivity contribution in [2.24, 2.45) is 0 Å². The van der Waals surface area contributed by atoms with Gasteiger partial charge in [0.15, 0.2) is 11.5 Å². The zero-order chi connectivity index (χ0) is 19.3. The average molecular weight is 358 g/mol. The molecule has 0 aliphatic heterocycles. The van der Waals surface area contributed by atoms with Gasteiger partial charge in [-0.15, -0.1) is 0 Å². The molecule has 6 nitrogen and oxygen atoms in total. The third kappa shape index (κ3) is 4.27. The molecule has 2 rings (SSSR count). The number of aryl methyl sites for hydroxylation is 2. The number of rotatable bonds is 7. The Balaban J connectivity index is 2.50. The number of methoxy groups -OCH3 is 3. The summed E-state index contributed by atoms with van der Waals surface area (Å²) in [6.07, 6.45) is 1.39. The molecule has 26 heavy (non-hydrogen) atoms. The molecular weight excluding hydrogens is 336 g/mol. The molecule has 0 amide bonds. The molecule has 1 N–H and O–H groups in total. The van der Waals surface area contributed by atoms with E-state index >= 15 is 0 Å². The number of carboxylic acids is 1. The van der Waals surface area contributed by atoms with Crippen LogP contribution in [0.15, 0.2) is 36.1 Å². The normalized spacial score (nSPS) is 11.0. The first kappa shape index (κ1) is 19.2. The number of hydrogen-bond donors (Lipinski definition) is 1. The van der Waals surface area contributed by atoms with E-state index in [9.17, 15) is 9.90 Å². The quantitative estimate of drug-likeness (QED) is 0.599. The summed E-state index contributed by atoms with van der Waals surface area (Å²) >= 11 is 0. The maximum Gasteiger partial charge on any atom is 0.371 e. The van der Waals surface area contributed by atoms with E-state index in [2.05, 4.69) is 0 Å². The van der Waals surface area contributed by atoms with Crippen LogP contribution in [-0.4, -0.2) is 32.4 Å². The molecular formula is C20H22O6. The zero-order valence-electron chi connectivity index (χ0n) is 15.5. The van der Waals surface area contributed by atoms with E-state index in [1.54, 1.807) is 24.3 Å². The summed E-state index contributed by atoms with van der Waals surface area (Å²) in [7, 11) is 4.47. The Morgan fingerprint density at radius 2 is 1.54 bits per heavy atom. The van der Waals surface area contributed by atoms with E-state index in [4.69, 9.17) is 18.9 Å². The fourth-order valence-corrected chi connectivity index (χ4v) is 2.63. The fraction of sp³-hybridized carbons (Fsp3) is 0.250. The maximum absolute atomic E-state index is 11.7. The molecule has 0 heterocycles. The van der Waals surface area contributed by atoms with Crippen molar-refractivity contribution < 1.29 is 28.8 Å². The number of benzene rings is 2. The van der Waals surface area contributed by atoms with Crippen molar-refractivity contribution in [2.75, 3.05) is 21.3 Å². The Hall–Kier alpha value is -3.15. The second-order valence-corrected chi connectivity index (χ2v) is 5.66. The Labute approximate surface area is 152 Å². The van der Waals surface area contributed by atoms with Gasteiger partial charge in [0.1, 0.15) is 5.75 Å². The van der Waals surface area contributed by atoms with Crippen molar-refractivity contribution in [3.63, 3.8) is 0 Å². The van der Waals surface area contributed by atoms with Gasteiger partial charge in [-0.25, -0.2) is 4.79 Å². The molecule has 2 aromatic rings. The van der Waals surface area contributed by atoms with Gasteiger partial charge in [-0.05, 0) is 55.3 Å². The second kappa shape index (κ2) is 8.29. The lowest BCUT2D eigenvalue weighted by Crippen LogP contribution is -2.08. The molecule has 0 saturated heterocycles. The highest BCUT2D eigenvalue weighted by molar-refractivity contribution is 5.91. The van der Waals surface area contributed by atoms with Crippen LogP contribution in [0.4, 0.5) is 0 Å². The highest BCUT2D eigenvalue weighted by Gasteiger charge is 2.18. The molecule has 0 radical (unpaired) electrons. The lowest BCUT2D eigenvalue weighted by Gasteiger charge is -2.15. The monoisotopic (exact) mass is 358 g/mol. The van der Waals surface area contributed by atoms with Crippen LogP contribution in [0.3, 0.4) is 0 Å². The van der Waals surface area contributed by atoms with Crippen LogP contribution >= 0.6 is 0 Å². The van der Waals surface area contributed by atoms with E-state index in [-0.39, 0.29) is 5.76 Å². The number of hydrogen-bond acceptors (Lipinski definition) is 5. The smallest absolute Gasteiger partial charge is 0.371 e. The molecule has 0 saturated carbocycles. The Morgan fingerprint density at radius 3 is 2.04 bits per heavy atom. The predicted octanol–water partition coefficient (Wildman–Crippen LogP) is 3.83. The molecule has 0 aliphatic rings. The van der Waals surface area contributed by atoms with Crippen LogP contribution in [0, 0.1) is 13.8 Å². The summed E-state index contributed by atoms with van der Waals surface area (Å²) in [6.45, 7) is 3.84. The van der Waals surface area contributed by atoms with E-state index in [0.29, 0.717) is 28.6 Å². The Kier molecular flexibility index (Phi) is 6.11. The van der Waals surface area contributed by atoms with Gasteiger partial charge in [0, 0.05) is 5.56 Å². The van der Waals surface area contributed by atoms with Crippen molar-refractivity contribution in [3.05, 3.63) is 52.8 Å². The highest BCUT2D eigenvalue weighted by atomic mass is 16.5. The fourth-order valence-electron chi connectivity index (χ4n) is 2.63. The van der Waals surface area contributed by atoms with Crippen LogP contribution < -0.4 is 18.9 Å². The molecule has 0 unspecified atom stereocenters. The van der Waals surface area contributed by atoms with Gasteiger partial charge in [0.25, 0.3) is 0 Å². The lowest BCUT2D eigenvalue weighted by atomic mass is 10.1. The van der Waals surface area contributed by atoms with Gasteiger partial charge in [-0.2, -0.15) is 0 Å². The summed E-state index contributed by atoms with van der Waals surface area (Å²) in [5.41, 5.74) is 2.45. The topological polar surface area (TPSA) is 74.2 Å². The number of aliphatic carboxylic acids is 1. The summed E-state index contributed by atoms with van der Waals surface area (Å²) in [6, 6.07) is 8.87. The minimum Gasteiger partial charge on any atom is -0.493 e. The largest absolute Gasteiger partial charge is 0.493 e. The molecule has 0 fully saturated rings. The SMILES string of the molecule is COc1ccc(C=C(Oc2cc(C)cc(C)c2)C(=O)O)c(OC)c1OC. The van der Waals surface area contributed by atoms with Crippen molar-refractivity contribution in [1.29, 1.82) is 0 Å². The predicted molar refractivity (Wildman–Crippen MR) is 98.3 cm³/mol. The van der Waals surface area contributed by atoms with Crippen LogP contribution in [-0.2, 0) is 4.79 Å². The summed E-state index contributed by atoms with van der Waals surface area (Å²) in [4.78, 5) is 11.7. The Morgan fingerprint density at radius 1 is 0.923 bits per heavy atom. The average Bonchev–Trinajstić information content (AvgIpc) is 2.59. The van der Waals surface area contributed by atoms with Gasteiger partial charge < -0.3 is 24.1 Å². The maximum atomic E-state index is 11.7. The summed E-state index contributed by atoms with van der Waals surface area (Å²) in [5.74, 6) is 0.236. The third-order valence-corrected chi connectivity index (χ3v) is 3.66. The van der Waals surface area contributed by atoms with E-state index < -0.39 is 5.97 Å². The van der Waals surface area contributed by atoms with Crippen molar-refractivity contribution >= 4 is 12.0 Å². The summed E-state index contributed by atoms with van der Waals surface area (Å²) < 4.78 is 21.5. The van der Waals surface area contributed by atoms with Gasteiger partial charge in [-0.1, -0.05) is 6.07 Å². The minimum absolute atomic E-state index is 0.236. The number of carbonyl (C=O) groups is 1. The van der Waals surface area contributed by atoms with Gasteiger partial charge in [0.2, 0.25) is 11.5 Å². The van der Waals surface area contributed by atoms with Gasteiger partial charge in [-0.3, -0.25) is 0 Å². The number of carboxylic acid groups (broad SMARTS) is 1. The van der Waals surface area contributed by atoms with E-state index in [0.717, 1.165) is 11.1 Å². The summed E-state index contributed by atoms with van der Waals surface area (Å²) in [5, 5.41) is 9.54. The molecule has 0 bridgehead atoms. The molecule has 0 atom stereocenters. The van der Waals surface area contributed by atoms with Gasteiger partial charge >= 0.3 is 5.97 Å². The van der Waals surface area contributed by atoms with Crippen molar-refractivity contribution in [2.45, 2.75) is 13.8 Å². The van der Waals surface area contributed by atoms with E-state index in [1.807, 2.05) is 19.9 Å². The first-order valence-electron chi connectivity index (χ1n) is 7.89. The van der Waals surface area contributed by atoms with Crippen LogP contribution in [0.2, 0.25) is 0 Å². The molecule has 2 aromatic carbocycles. The minimum atomic E-state index is -1.19. The van der Waals surface area contributed by atoms with Crippen molar-refractivity contribution in [3.8, 4) is 23.0 Å². The third-order valence-electron chi connectivity index (χ3n) is 3.66. The lowest BCUT2D eigenvalue weighted by molar-refractivity contribution is -0.134. The Bertz CT molecular complexity index is 818. The standard InChI is InChI=1S/C20H22O6/c1-12-8-13(2)10-15(9-12)26-17(20(21)22)11-14-6-7-16(23-3)19(25-5)18(14)24-4/h6-11H,1-5H3,(H,21,22). The van der Waals surface area contributed by atoms with Gasteiger partial charge in [0.05, 0.1) is 21.3 Å². The van der Waals surface area contributed by atoms with Crippen LogP contribution in [0.5, 0.6) is 23.0 Å². The molecule has 6 heteroatoms. The second-order valence-electron chi connectivity index (χ2n) is 5.66. The number of ether oxygens (including phenoxy) is 4. The highest BCUT2D eigenvalue weighted by Crippen LogP contribution is 2.40. The zero-order valence-corrected chi connectivity index (χ0v) is 15.5. The first-order chi connectivity index (χ1) is 12.4.